The van der Waals surface area contributed by atoms with Gasteiger partial charge in [-0.1, -0.05) is 155 Å². The summed E-state index contributed by atoms with van der Waals surface area (Å²) in [6.07, 6.45) is 0. The van der Waals surface area contributed by atoms with Crippen molar-refractivity contribution in [1.82, 2.24) is 0 Å². The van der Waals surface area contributed by atoms with Crippen molar-refractivity contribution >= 4 is 44.8 Å². The molecule has 2 aliphatic rings. The molecule has 0 saturated carbocycles. The molecule has 0 atom stereocenters. The van der Waals surface area contributed by atoms with E-state index in [1.165, 1.54) is 54.1 Å². The van der Waals surface area contributed by atoms with Gasteiger partial charge >= 0.3 is 0 Å². The zero-order valence-electron chi connectivity index (χ0n) is 21.3. The van der Waals surface area contributed by atoms with Gasteiger partial charge in [0, 0.05) is 4.47 Å². The first-order chi connectivity index (χ1) is 19.3. The van der Waals surface area contributed by atoms with Gasteiger partial charge in [-0.2, -0.15) is 0 Å². The van der Waals surface area contributed by atoms with Crippen LogP contribution in [0.4, 0.5) is 0 Å². The Balaban J connectivity index is 1.63. The molecule has 0 N–H and O–H groups in total. The lowest BCUT2D eigenvalue weighted by Crippen LogP contribution is -2.79. The van der Waals surface area contributed by atoms with Crippen molar-refractivity contribution in [2.24, 2.45) is 0 Å². The van der Waals surface area contributed by atoms with Gasteiger partial charge in [-0.25, -0.2) is 0 Å². The smallest absolute Gasteiger partial charge is 0.0623 e. The fourth-order valence-corrected chi connectivity index (χ4v) is 13.2. The topological polar surface area (TPSA) is 0 Å². The van der Waals surface area contributed by atoms with Crippen LogP contribution >= 0.6 is 15.9 Å². The third kappa shape index (κ3) is 2.88. The maximum Gasteiger partial charge on any atom is 0.180 e. The van der Waals surface area contributed by atoms with Crippen molar-refractivity contribution in [3.63, 3.8) is 0 Å². The highest BCUT2D eigenvalue weighted by molar-refractivity contribution is 9.10. The van der Waals surface area contributed by atoms with Crippen LogP contribution < -0.4 is 20.7 Å². The molecule has 0 unspecified atom stereocenters. The van der Waals surface area contributed by atoms with Gasteiger partial charge in [0.25, 0.3) is 0 Å². The molecule has 184 valence electrons. The minimum Gasteiger partial charge on any atom is -0.0623 e. The molecule has 1 heterocycles. The van der Waals surface area contributed by atoms with Crippen molar-refractivity contribution in [2.45, 2.75) is 5.41 Å². The monoisotopic (exact) mass is 576 g/mol. The van der Waals surface area contributed by atoms with E-state index >= 15 is 0 Å². The molecule has 0 fully saturated rings. The summed E-state index contributed by atoms with van der Waals surface area (Å²) < 4.78 is 1.12. The fraction of sp³-hybridized carbons (Fsp3) is 0.0270. The first-order valence-corrected chi connectivity index (χ1v) is 16.3. The van der Waals surface area contributed by atoms with Crippen LogP contribution in [0.3, 0.4) is 0 Å². The Labute approximate surface area is 238 Å². The van der Waals surface area contributed by atoms with E-state index in [1.807, 2.05) is 0 Å². The molecule has 0 aromatic heterocycles. The summed E-state index contributed by atoms with van der Waals surface area (Å²) in [5.41, 5.74) is 7.84. The Morgan fingerprint density at radius 3 is 1.46 bits per heavy atom. The van der Waals surface area contributed by atoms with E-state index < -0.39 is 8.07 Å². The van der Waals surface area contributed by atoms with E-state index in [0.717, 1.165) is 4.47 Å². The zero-order chi connectivity index (χ0) is 26.0. The molecule has 0 radical (unpaired) electrons. The highest BCUT2D eigenvalue weighted by Gasteiger charge is 2.57. The van der Waals surface area contributed by atoms with Crippen LogP contribution in [0.25, 0.3) is 11.1 Å². The Kier molecular flexibility index (Phi) is 5.01. The van der Waals surface area contributed by atoms with Gasteiger partial charge < -0.3 is 0 Å². The average molecular weight is 578 g/mol. The van der Waals surface area contributed by atoms with Gasteiger partial charge in [-0.3, -0.25) is 0 Å². The molecular formula is C37H25BrSi. The maximum atomic E-state index is 3.91. The molecule has 0 amide bonds. The molecule has 2 heteroatoms. The molecule has 8 rings (SSSR count). The first kappa shape index (κ1) is 23.0. The quantitative estimate of drug-likeness (QED) is 0.206. The lowest BCUT2D eigenvalue weighted by atomic mass is 9.67. The Bertz CT molecular complexity index is 1790. The Morgan fingerprint density at radius 2 is 0.872 bits per heavy atom. The highest BCUT2D eigenvalue weighted by Crippen LogP contribution is 2.57. The maximum absolute atomic E-state index is 3.91. The lowest BCUT2D eigenvalue weighted by Gasteiger charge is -2.48. The van der Waals surface area contributed by atoms with Crippen LogP contribution in [0.2, 0.25) is 0 Å². The third-order valence-corrected chi connectivity index (χ3v) is 14.3. The second-order valence-corrected chi connectivity index (χ2v) is 15.2. The SMILES string of the molecule is Brc1ccc2c(c1)C1(c3ccccc3-c3ccccc31)c1ccccc1[Si]2(c1ccccc1)c1ccccc1. The van der Waals surface area contributed by atoms with Crippen LogP contribution in [0.1, 0.15) is 22.3 Å². The van der Waals surface area contributed by atoms with Gasteiger partial charge in [0.15, 0.2) is 8.07 Å². The summed E-state index contributed by atoms with van der Waals surface area (Å²) in [6, 6.07) is 57.0. The van der Waals surface area contributed by atoms with Crippen LogP contribution in [-0.2, 0) is 5.41 Å². The Morgan fingerprint density at radius 1 is 0.410 bits per heavy atom. The number of halogens is 1. The van der Waals surface area contributed by atoms with Crippen LogP contribution in [0.5, 0.6) is 0 Å². The third-order valence-electron chi connectivity index (χ3n) is 8.89. The molecule has 1 aliphatic carbocycles. The van der Waals surface area contributed by atoms with Crippen LogP contribution in [0.15, 0.2) is 156 Å². The summed E-state index contributed by atoms with van der Waals surface area (Å²) in [6.45, 7) is 0. The van der Waals surface area contributed by atoms with Gasteiger partial charge in [-0.15, -0.1) is 0 Å². The van der Waals surface area contributed by atoms with Crippen molar-refractivity contribution < 1.29 is 0 Å². The number of benzene rings is 6. The molecule has 1 spiro atoms. The zero-order valence-corrected chi connectivity index (χ0v) is 23.9. The van der Waals surface area contributed by atoms with E-state index in [4.69, 9.17) is 0 Å². The number of hydrogen-bond acceptors (Lipinski definition) is 0. The largest absolute Gasteiger partial charge is 0.180 e. The predicted molar refractivity (Wildman–Crippen MR) is 169 cm³/mol. The molecule has 0 bridgehead atoms. The van der Waals surface area contributed by atoms with Gasteiger partial charge in [-0.05, 0) is 66.3 Å². The highest BCUT2D eigenvalue weighted by atomic mass is 79.9. The van der Waals surface area contributed by atoms with Gasteiger partial charge in [0.2, 0.25) is 0 Å². The summed E-state index contributed by atoms with van der Waals surface area (Å²) in [5.74, 6) is 0. The normalized spacial score (nSPS) is 15.2. The second kappa shape index (κ2) is 8.51. The summed E-state index contributed by atoms with van der Waals surface area (Å²) in [5, 5.41) is 5.78. The molecule has 39 heavy (non-hydrogen) atoms. The van der Waals surface area contributed by atoms with Gasteiger partial charge in [0.1, 0.15) is 0 Å². The van der Waals surface area contributed by atoms with Crippen LogP contribution in [0, 0.1) is 0 Å². The minimum atomic E-state index is -2.66. The van der Waals surface area contributed by atoms with Crippen molar-refractivity contribution in [1.29, 1.82) is 0 Å². The summed E-state index contributed by atoms with van der Waals surface area (Å²) in [7, 11) is -2.66. The molecule has 6 aromatic rings. The number of hydrogen-bond donors (Lipinski definition) is 0. The van der Waals surface area contributed by atoms with Crippen LogP contribution in [-0.4, -0.2) is 8.07 Å². The predicted octanol–water partition coefficient (Wildman–Crippen LogP) is 6.50. The molecule has 1 aliphatic heterocycles. The molecule has 0 nitrogen and oxygen atoms in total. The van der Waals surface area contributed by atoms with E-state index in [2.05, 4.69) is 168 Å². The van der Waals surface area contributed by atoms with E-state index in [9.17, 15) is 0 Å². The number of rotatable bonds is 2. The summed E-state index contributed by atoms with van der Waals surface area (Å²) in [4.78, 5) is 0. The lowest BCUT2D eigenvalue weighted by molar-refractivity contribution is 0.773. The minimum absolute atomic E-state index is 0.386. The average Bonchev–Trinajstić information content (AvgIpc) is 3.30. The molecular weight excluding hydrogens is 552 g/mol. The number of fused-ring (bicyclic) bond motifs is 9. The van der Waals surface area contributed by atoms with E-state index in [1.54, 1.807) is 0 Å². The van der Waals surface area contributed by atoms with Gasteiger partial charge in [0.05, 0.1) is 5.41 Å². The fourth-order valence-electron chi connectivity index (χ4n) is 7.56. The van der Waals surface area contributed by atoms with Crippen molar-refractivity contribution in [3.05, 3.63) is 178 Å². The summed E-state index contributed by atoms with van der Waals surface area (Å²) >= 11 is 3.91. The molecule has 0 saturated heterocycles. The molecule has 6 aromatic carbocycles. The van der Waals surface area contributed by atoms with Crippen molar-refractivity contribution in [3.8, 4) is 11.1 Å². The van der Waals surface area contributed by atoms with E-state index in [0.29, 0.717) is 0 Å². The standard InChI is InChI=1S/C37H25BrSi/c38-26-23-24-36-34(25-26)37(31-19-9-7-17-29(31)30-18-8-10-20-32(30)37)33-21-11-12-22-35(33)39(36,27-13-3-1-4-14-27)28-15-5-2-6-16-28/h1-25H. The van der Waals surface area contributed by atoms with Crippen molar-refractivity contribution in [2.75, 3.05) is 0 Å². The Hall–Kier alpha value is -3.98. The van der Waals surface area contributed by atoms with E-state index in [-0.39, 0.29) is 5.41 Å². The first-order valence-electron chi connectivity index (χ1n) is 13.5. The second-order valence-electron chi connectivity index (χ2n) is 10.6.